The van der Waals surface area contributed by atoms with Crippen LogP contribution in [0.4, 0.5) is 0 Å². The fourth-order valence-electron chi connectivity index (χ4n) is 2.40. The molecule has 3 nitrogen and oxygen atoms in total. The highest BCUT2D eigenvalue weighted by Gasteiger charge is 2.30. The molecule has 2 aromatic rings. The fourth-order valence-corrected chi connectivity index (χ4v) is 2.66. The second-order valence-electron chi connectivity index (χ2n) is 4.61. The van der Waals surface area contributed by atoms with Crippen molar-refractivity contribution in [3.05, 3.63) is 58.6 Å². The van der Waals surface area contributed by atoms with Crippen molar-refractivity contribution in [1.82, 2.24) is 0 Å². The maximum Gasteiger partial charge on any atom is 0.173 e. The van der Waals surface area contributed by atoms with Gasteiger partial charge in [-0.2, -0.15) is 0 Å². The number of methoxy groups -OCH3 is 1. The van der Waals surface area contributed by atoms with E-state index in [-0.39, 0.29) is 11.7 Å². The van der Waals surface area contributed by atoms with E-state index in [1.807, 2.05) is 24.3 Å². The smallest absolute Gasteiger partial charge is 0.173 e. The zero-order chi connectivity index (χ0) is 14.1. The minimum atomic E-state index is -0.268. The second kappa shape index (κ2) is 5.17. The number of rotatable bonds is 3. The van der Waals surface area contributed by atoms with Crippen LogP contribution in [0.25, 0.3) is 0 Å². The van der Waals surface area contributed by atoms with Crippen molar-refractivity contribution in [2.75, 3.05) is 13.7 Å². The lowest BCUT2D eigenvalue weighted by atomic mass is 9.92. The standard InChI is InChI=1S/C16H13ClO3/c1-19-15-7-6-10(8-13(15)17)16(18)12-9-20-14-5-3-2-4-11(12)14/h2-8,12H,9H2,1H3. The molecule has 1 atom stereocenters. The van der Waals surface area contributed by atoms with Crippen LogP contribution in [0.2, 0.25) is 5.02 Å². The second-order valence-corrected chi connectivity index (χ2v) is 5.02. The zero-order valence-electron chi connectivity index (χ0n) is 10.9. The molecule has 0 radical (unpaired) electrons. The number of benzene rings is 2. The Morgan fingerprint density at radius 3 is 2.85 bits per heavy atom. The molecule has 0 amide bonds. The molecule has 1 unspecified atom stereocenters. The van der Waals surface area contributed by atoms with Gasteiger partial charge in [-0.3, -0.25) is 4.79 Å². The van der Waals surface area contributed by atoms with Crippen LogP contribution in [0.15, 0.2) is 42.5 Å². The van der Waals surface area contributed by atoms with Gasteiger partial charge in [0.2, 0.25) is 0 Å². The molecule has 1 aliphatic heterocycles. The summed E-state index contributed by atoms with van der Waals surface area (Å²) in [7, 11) is 1.55. The topological polar surface area (TPSA) is 35.5 Å². The number of carbonyl (C=O) groups excluding carboxylic acids is 1. The van der Waals surface area contributed by atoms with E-state index in [9.17, 15) is 4.79 Å². The Morgan fingerprint density at radius 1 is 1.30 bits per heavy atom. The maximum atomic E-state index is 12.6. The Bertz CT molecular complexity index is 667. The fraction of sp³-hybridized carbons (Fsp3) is 0.188. The van der Waals surface area contributed by atoms with E-state index < -0.39 is 0 Å². The van der Waals surface area contributed by atoms with Crippen LogP contribution >= 0.6 is 11.6 Å². The van der Waals surface area contributed by atoms with Crippen LogP contribution < -0.4 is 9.47 Å². The number of fused-ring (bicyclic) bond motifs is 1. The number of halogens is 1. The van der Waals surface area contributed by atoms with Gasteiger partial charge in [-0.15, -0.1) is 0 Å². The number of para-hydroxylation sites is 1. The van der Waals surface area contributed by atoms with Crippen LogP contribution in [0, 0.1) is 0 Å². The lowest BCUT2D eigenvalue weighted by Gasteiger charge is -2.09. The van der Waals surface area contributed by atoms with Gasteiger partial charge in [0, 0.05) is 11.1 Å². The Kier molecular flexibility index (Phi) is 3.36. The van der Waals surface area contributed by atoms with Gasteiger partial charge in [-0.1, -0.05) is 29.8 Å². The molecule has 0 saturated carbocycles. The van der Waals surface area contributed by atoms with Crippen LogP contribution in [0.5, 0.6) is 11.5 Å². The van der Waals surface area contributed by atoms with E-state index in [4.69, 9.17) is 21.1 Å². The first kappa shape index (κ1) is 13.0. The molecule has 4 heteroatoms. The molecule has 3 rings (SSSR count). The van der Waals surface area contributed by atoms with Crippen LogP contribution in [-0.4, -0.2) is 19.5 Å². The van der Waals surface area contributed by atoms with Gasteiger partial charge in [-0.25, -0.2) is 0 Å². The molecular formula is C16H13ClO3. The van der Waals surface area contributed by atoms with Crippen LogP contribution in [0.3, 0.4) is 0 Å². The highest BCUT2D eigenvalue weighted by molar-refractivity contribution is 6.32. The molecule has 1 aliphatic rings. The number of Topliss-reactive ketones (excluding diaryl/α,β-unsaturated/α-hetero) is 1. The minimum Gasteiger partial charge on any atom is -0.495 e. The normalized spacial score (nSPS) is 16.4. The first-order valence-corrected chi connectivity index (χ1v) is 6.68. The molecule has 2 aromatic carbocycles. The molecule has 0 aliphatic carbocycles. The molecule has 0 aromatic heterocycles. The zero-order valence-corrected chi connectivity index (χ0v) is 11.7. The molecule has 20 heavy (non-hydrogen) atoms. The monoisotopic (exact) mass is 288 g/mol. The van der Waals surface area contributed by atoms with Gasteiger partial charge in [0.05, 0.1) is 18.1 Å². The van der Waals surface area contributed by atoms with E-state index in [0.29, 0.717) is 22.9 Å². The Hall–Kier alpha value is -2.00. The van der Waals surface area contributed by atoms with Gasteiger partial charge in [0.25, 0.3) is 0 Å². The molecule has 0 spiro atoms. The minimum absolute atomic E-state index is 0.0134. The molecule has 0 fully saturated rings. The molecule has 102 valence electrons. The maximum absolute atomic E-state index is 12.6. The number of hydrogen-bond donors (Lipinski definition) is 0. The summed E-state index contributed by atoms with van der Waals surface area (Å²) in [6, 6.07) is 12.7. The third-order valence-corrected chi connectivity index (χ3v) is 3.75. The van der Waals surface area contributed by atoms with E-state index in [1.54, 1.807) is 25.3 Å². The van der Waals surface area contributed by atoms with Crippen LogP contribution in [-0.2, 0) is 0 Å². The van der Waals surface area contributed by atoms with E-state index in [2.05, 4.69) is 0 Å². The average molecular weight is 289 g/mol. The van der Waals surface area contributed by atoms with Crippen molar-refractivity contribution < 1.29 is 14.3 Å². The van der Waals surface area contributed by atoms with Crippen molar-refractivity contribution in [2.45, 2.75) is 5.92 Å². The molecule has 1 heterocycles. The lowest BCUT2D eigenvalue weighted by molar-refractivity contribution is 0.0947. The summed E-state index contributed by atoms with van der Waals surface area (Å²) in [5.74, 6) is 1.09. The third kappa shape index (κ3) is 2.14. The first-order chi connectivity index (χ1) is 9.70. The summed E-state index contributed by atoms with van der Waals surface area (Å²) < 4.78 is 10.6. The Morgan fingerprint density at radius 2 is 2.10 bits per heavy atom. The van der Waals surface area contributed by atoms with Crippen molar-refractivity contribution in [3.63, 3.8) is 0 Å². The predicted octanol–water partition coefficient (Wildman–Crippen LogP) is 3.71. The summed E-state index contributed by atoms with van der Waals surface area (Å²) in [6.45, 7) is 0.377. The Balaban J connectivity index is 1.93. The molecule has 0 bridgehead atoms. The predicted molar refractivity (Wildman–Crippen MR) is 77.0 cm³/mol. The summed E-state index contributed by atoms with van der Waals surface area (Å²) in [5.41, 5.74) is 1.51. The highest BCUT2D eigenvalue weighted by Crippen LogP contribution is 2.36. The highest BCUT2D eigenvalue weighted by atomic mass is 35.5. The average Bonchev–Trinajstić information content (AvgIpc) is 2.90. The first-order valence-electron chi connectivity index (χ1n) is 6.30. The van der Waals surface area contributed by atoms with E-state index >= 15 is 0 Å². The van der Waals surface area contributed by atoms with Gasteiger partial charge in [0.1, 0.15) is 18.1 Å². The Labute approximate surface area is 122 Å². The SMILES string of the molecule is COc1ccc(C(=O)C2COc3ccccc32)cc1Cl. The van der Waals surface area contributed by atoms with Crippen molar-refractivity contribution >= 4 is 17.4 Å². The largest absolute Gasteiger partial charge is 0.495 e. The van der Waals surface area contributed by atoms with Gasteiger partial charge < -0.3 is 9.47 Å². The summed E-state index contributed by atoms with van der Waals surface area (Å²) in [4.78, 5) is 12.6. The van der Waals surface area contributed by atoms with Crippen LogP contribution in [0.1, 0.15) is 21.8 Å². The van der Waals surface area contributed by atoms with E-state index in [1.165, 1.54) is 0 Å². The van der Waals surface area contributed by atoms with Gasteiger partial charge in [-0.05, 0) is 24.3 Å². The number of carbonyl (C=O) groups is 1. The quantitative estimate of drug-likeness (QED) is 0.808. The lowest BCUT2D eigenvalue weighted by Crippen LogP contribution is -2.14. The molecule has 0 N–H and O–H groups in total. The number of ketones is 1. The number of hydrogen-bond acceptors (Lipinski definition) is 3. The summed E-state index contributed by atoms with van der Waals surface area (Å²) in [6.07, 6.45) is 0. The third-order valence-electron chi connectivity index (χ3n) is 3.45. The van der Waals surface area contributed by atoms with Gasteiger partial charge in [0.15, 0.2) is 5.78 Å². The van der Waals surface area contributed by atoms with Crippen molar-refractivity contribution in [2.24, 2.45) is 0 Å². The molecular weight excluding hydrogens is 276 g/mol. The van der Waals surface area contributed by atoms with Crippen molar-refractivity contribution in [1.29, 1.82) is 0 Å². The molecule has 0 saturated heterocycles. The van der Waals surface area contributed by atoms with Gasteiger partial charge >= 0.3 is 0 Å². The van der Waals surface area contributed by atoms with Crippen molar-refractivity contribution in [3.8, 4) is 11.5 Å². The summed E-state index contributed by atoms with van der Waals surface area (Å²) >= 11 is 6.07. The summed E-state index contributed by atoms with van der Waals surface area (Å²) in [5, 5.41) is 0.436. The van der Waals surface area contributed by atoms with E-state index in [0.717, 1.165) is 11.3 Å². The number of ether oxygens (including phenoxy) is 2.